The number of β-amino-alcohol motifs (C(OH)–C–C–N with tert-alkyl or cyclic N) is 2. The van der Waals surface area contributed by atoms with Crippen molar-refractivity contribution in [1.29, 1.82) is 0 Å². The van der Waals surface area contributed by atoms with Crippen molar-refractivity contribution < 1.29 is 23.4 Å². The summed E-state index contributed by atoms with van der Waals surface area (Å²) in [5.74, 6) is 0.256. The molecule has 1 aromatic carbocycles. The van der Waals surface area contributed by atoms with E-state index >= 15 is 0 Å². The normalized spacial score (nSPS) is 24.0. The zero-order chi connectivity index (χ0) is 14.9. The molecule has 2 rings (SSSR count). The highest BCUT2D eigenvalue weighted by Gasteiger charge is 2.38. The molecule has 2 unspecified atom stereocenters. The molecule has 1 aliphatic heterocycles. The maximum absolute atomic E-state index is 12.6. The molecule has 0 spiro atoms. The molecule has 0 aliphatic carbocycles. The van der Waals surface area contributed by atoms with Crippen LogP contribution in [0, 0.1) is 0 Å². The van der Waals surface area contributed by atoms with Gasteiger partial charge in [0.2, 0.25) is 10.0 Å². The summed E-state index contributed by atoms with van der Waals surface area (Å²) in [6, 6.07) is 4.72. The third-order valence-corrected chi connectivity index (χ3v) is 5.40. The number of hydrogen-bond acceptors (Lipinski definition) is 5. The Balaban J connectivity index is 2.41. The van der Waals surface area contributed by atoms with Crippen LogP contribution >= 0.6 is 15.9 Å². The van der Waals surface area contributed by atoms with Gasteiger partial charge < -0.3 is 14.9 Å². The van der Waals surface area contributed by atoms with Crippen LogP contribution in [0.5, 0.6) is 5.75 Å². The highest BCUT2D eigenvalue weighted by atomic mass is 79.9. The quantitative estimate of drug-likeness (QED) is 0.814. The highest BCUT2D eigenvalue weighted by molar-refractivity contribution is 9.10. The molecule has 0 bridgehead atoms. The van der Waals surface area contributed by atoms with Crippen LogP contribution in [0.15, 0.2) is 27.6 Å². The van der Waals surface area contributed by atoms with Crippen LogP contribution in [-0.4, -0.2) is 54.8 Å². The third kappa shape index (κ3) is 2.99. The summed E-state index contributed by atoms with van der Waals surface area (Å²) in [5.41, 5.74) is 0. The summed E-state index contributed by atoms with van der Waals surface area (Å²) in [5, 5.41) is 19.0. The van der Waals surface area contributed by atoms with Crippen molar-refractivity contribution in [1.82, 2.24) is 4.31 Å². The highest BCUT2D eigenvalue weighted by Crippen LogP contribution is 2.31. The molecular weight excluding hydrogens is 350 g/mol. The van der Waals surface area contributed by atoms with Gasteiger partial charge in [0.05, 0.1) is 18.8 Å². The number of halogens is 1. The van der Waals surface area contributed by atoms with E-state index in [1.165, 1.54) is 6.07 Å². The molecule has 0 saturated carbocycles. The lowest BCUT2D eigenvalue weighted by molar-refractivity contribution is 0.0572. The van der Waals surface area contributed by atoms with Crippen LogP contribution in [0.1, 0.15) is 6.92 Å². The van der Waals surface area contributed by atoms with E-state index in [-0.39, 0.29) is 23.7 Å². The Bertz CT molecular complexity index is 582. The van der Waals surface area contributed by atoms with Gasteiger partial charge in [-0.25, -0.2) is 8.42 Å². The van der Waals surface area contributed by atoms with E-state index < -0.39 is 22.2 Å². The first-order chi connectivity index (χ1) is 9.36. The number of nitrogens with zero attached hydrogens (tertiary/aromatic N) is 1. The molecular formula is C12H16BrNO5S. The minimum atomic E-state index is -3.82. The smallest absolute Gasteiger partial charge is 0.246 e. The fraction of sp³-hybridized carbons (Fsp3) is 0.500. The Morgan fingerprint density at radius 1 is 1.35 bits per heavy atom. The Labute approximate surface area is 126 Å². The van der Waals surface area contributed by atoms with Gasteiger partial charge in [-0.1, -0.05) is 15.9 Å². The van der Waals surface area contributed by atoms with Gasteiger partial charge in [0, 0.05) is 17.6 Å². The number of aliphatic hydroxyl groups is 2. The zero-order valence-corrected chi connectivity index (χ0v) is 13.3. The number of hydrogen-bond donors (Lipinski definition) is 2. The van der Waals surface area contributed by atoms with Crippen molar-refractivity contribution in [2.45, 2.75) is 24.0 Å². The predicted octanol–water partition coefficient (Wildman–Crippen LogP) is 0.574. The van der Waals surface area contributed by atoms with Gasteiger partial charge in [0.1, 0.15) is 10.6 Å². The topological polar surface area (TPSA) is 87.1 Å². The van der Waals surface area contributed by atoms with E-state index in [0.717, 1.165) is 4.31 Å². The van der Waals surface area contributed by atoms with Gasteiger partial charge in [-0.2, -0.15) is 4.31 Å². The Kier molecular flexibility index (Phi) is 4.70. The second kappa shape index (κ2) is 5.98. The summed E-state index contributed by atoms with van der Waals surface area (Å²) >= 11 is 3.23. The average molecular weight is 366 g/mol. The summed E-state index contributed by atoms with van der Waals surface area (Å²) in [6.45, 7) is 1.86. The molecule has 1 aromatic rings. The maximum atomic E-state index is 12.6. The minimum Gasteiger partial charge on any atom is -0.492 e. The molecule has 1 heterocycles. The molecule has 1 saturated heterocycles. The van der Waals surface area contributed by atoms with Crippen LogP contribution in [0.3, 0.4) is 0 Å². The van der Waals surface area contributed by atoms with Gasteiger partial charge in [-0.15, -0.1) is 0 Å². The summed E-state index contributed by atoms with van der Waals surface area (Å²) in [6.07, 6.45) is -2.13. The van der Waals surface area contributed by atoms with Crippen molar-refractivity contribution in [2.75, 3.05) is 19.7 Å². The van der Waals surface area contributed by atoms with Gasteiger partial charge in [-0.05, 0) is 25.1 Å². The monoisotopic (exact) mass is 365 g/mol. The predicted molar refractivity (Wildman–Crippen MR) is 76.1 cm³/mol. The van der Waals surface area contributed by atoms with E-state index in [1.54, 1.807) is 19.1 Å². The van der Waals surface area contributed by atoms with E-state index in [9.17, 15) is 18.6 Å². The van der Waals surface area contributed by atoms with Gasteiger partial charge in [0.25, 0.3) is 0 Å². The molecule has 20 heavy (non-hydrogen) atoms. The third-order valence-electron chi connectivity index (χ3n) is 3.05. The van der Waals surface area contributed by atoms with E-state index in [4.69, 9.17) is 4.74 Å². The molecule has 112 valence electrons. The number of sulfonamides is 1. The number of aliphatic hydroxyl groups excluding tert-OH is 2. The number of rotatable bonds is 4. The molecule has 0 aromatic heterocycles. The van der Waals surface area contributed by atoms with E-state index in [2.05, 4.69) is 15.9 Å². The fourth-order valence-corrected chi connectivity index (χ4v) is 4.17. The molecule has 2 N–H and O–H groups in total. The van der Waals surface area contributed by atoms with E-state index in [1.807, 2.05) is 0 Å². The second-order valence-corrected chi connectivity index (χ2v) is 7.30. The Morgan fingerprint density at radius 2 is 1.95 bits per heavy atom. The lowest BCUT2D eigenvalue weighted by Gasteiger charge is -2.18. The Morgan fingerprint density at radius 3 is 2.50 bits per heavy atom. The summed E-state index contributed by atoms with van der Waals surface area (Å²) in [7, 11) is -3.82. The van der Waals surface area contributed by atoms with Crippen LogP contribution < -0.4 is 4.74 Å². The van der Waals surface area contributed by atoms with Gasteiger partial charge in [-0.3, -0.25) is 0 Å². The molecule has 1 aliphatic rings. The lowest BCUT2D eigenvalue weighted by Crippen LogP contribution is -2.30. The van der Waals surface area contributed by atoms with Crippen LogP contribution in [0.2, 0.25) is 0 Å². The minimum absolute atomic E-state index is 0.0232. The molecule has 6 nitrogen and oxygen atoms in total. The zero-order valence-electron chi connectivity index (χ0n) is 10.9. The van der Waals surface area contributed by atoms with Crippen molar-refractivity contribution in [3.63, 3.8) is 0 Å². The molecule has 0 amide bonds. The standard InChI is InChI=1S/C12H16BrNO5S/c1-2-19-11-4-3-8(13)5-12(11)20(17,18)14-6-9(15)10(16)7-14/h3-5,9-10,15-16H,2,6-7H2,1H3. The molecule has 2 atom stereocenters. The number of benzene rings is 1. The van der Waals surface area contributed by atoms with Gasteiger partial charge >= 0.3 is 0 Å². The second-order valence-electron chi connectivity index (χ2n) is 4.48. The van der Waals surface area contributed by atoms with Crippen molar-refractivity contribution in [3.05, 3.63) is 22.7 Å². The van der Waals surface area contributed by atoms with Crippen LogP contribution in [0.25, 0.3) is 0 Å². The van der Waals surface area contributed by atoms with Crippen molar-refractivity contribution in [2.24, 2.45) is 0 Å². The first-order valence-electron chi connectivity index (χ1n) is 6.15. The fourth-order valence-electron chi connectivity index (χ4n) is 2.03. The maximum Gasteiger partial charge on any atom is 0.246 e. The Hall–Kier alpha value is -0.670. The van der Waals surface area contributed by atoms with Crippen molar-refractivity contribution in [3.8, 4) is 5.75 Å². The molecule has 8 heteroatoms. The van der Waals surface area contributed by atoms with Crippen LogP contribution in [0.4, 0.5) is 0 Å². The number of ether oxygens (including phenoxy) is 1. The summed E-state index contributed by atoms with van der Waals surface area (Å²) in [4.78, 5) is 0.0232. The van der Waals surface area contributed by atoms with E-state index in [0.29, 0.717) is 11.1 Å². The first-order valence-corrected chi connectivity index (χ1v) is 8.38. The molecule has 1 fully saturated rings. The SMILES string of the molecule is CCOc1ccc(Br)cc1S(=O)(=O)N1CC(O)C(O)C1. The van der Waals surface area contributed by atoms with Crippen molar-refractivity contribution >= 4 is 26.0 Å². The summed E-state index contributed by atoms with van der Waals surface area (Å²) < 4.78 is 32.2. The lowest BCUT2D eigenvalue weighted by atomic mass is 10.3. The first kappa shape index (κ1) is 15.7. The molecule has 0 radical (unpaired) electrons. The van der Waals surface area contributed by atoms with Gasteiger partial charge in [0.15, 0.2) is 0 Å². The van der Waals surface area contributed by atoms with Crippen LogP contribution in [-0.2, 0) is 10.0 Å². The average Bonchev–Trinajstić information content (AvgIpc) is 2.73. The largest absolute Gasteiger partial charge is 0.492 e.